The lowest BCUT2D eigenvalue weighted by molar-refractivity contribution is 0.602. The van der Waals surface area contributed by atoms with E-state index in [4.69, 9.17) is 0 Å². The molecule has 1 N–H and O–H groups in total. The van der Waals surface area contributed by atoms with E-state index in [2.05, 4.69) is 40.4 Å². The summed E-state index contributed by atoms with van der Waals surface area (Å²) < 4.78 is 25.4. The number of hydrogen-bond donors (Lipinski definition) is 1. The molecule has 0 amide bonds. The maximum Gasteiger partial charge on any atom is 0.190 e. The average molecular weight is 418 g/mol. The van der Waals surface area contributed by atoms with Gasteiger partial charge in [0.05, 0.1) is 25.3 Å². The molecule has 0 saturated heterocycles. The summed E-state index contributed by atoms with van der Waals surface area (Å²) in [6, 6.07) is 11.4. The summed E-state index contributed by atoms with van der Waals surface area (Å²) in [6.07, 6.45) is 4.68. The van der Waals surface area contributed by atoms with Gasteiger partial charge >= 0.3 is 0 Å². The molecule has 0 spiro atoms. The number of nitrogens with zero attached hydrogens (tertiary/aromatic N) is 2. The normalized spacial score (nSPS) is 12.1. The van der Waals surface area contributed by atoms with Gasteiger partial charge in [0, 0.05) is 6.26 Å². The van der Waals surface area contributed by atoms with E-state index in [1.54, 1.807) is 29.5 Å². The minimum absolute atomic E-state index is 0.310. The molecular weight excluding hydrogens is 398 g/mol. The number of hydrogen-bond acceptors (Lipinski definition) is 7. The zero-order valence-corrected chi connectivity index (χ0v) is 17.5. The second-order valence-electron chi connectivity index (χ2n) is 6.47. The van der Waals surface area contributed by atoms with E-state index in [0.717, 1.165) is 32.0 Å². The molecule has 0 aliphatic rings. The number of aromatic nitrogens is 2. The van der Waals surface area contributed by atoms with E-state index in [9.17, 15) is 8.42 Å². The number of nitrogens with one attached hydrogen (secondary N) is 1. The van der Waals surface area contributed by atoms with Crippen molar-refractivity contribution in [3.8, 4) is 0 Å². The number of aryl methyl sites for hydroxylation is 1. The van der Waals surface area contributed by atoms with Crippen LogP contribution in [0.3, 0.4) is 0 Å². The summed E-state index contributed by atoms with van der Waals surface area (Å²) in [7, 11) is -3.22. The van der Waals surface area contributed by atoms with Crippen LogP contribution >= 0.6 is 22.7 Å². The second kappa shape index (κ2) is 7.18. The van der Waals surface area contributed by atoms with Gasteiger partial charge in [-0.3, -0.25) is 0 Å². The molecule has 5 nitrogen and oxygen atoms in total. The summed E-state index contributed by atoms with van der Waals surface area (Å²) in [6.45, 7) is 2.20. The maximum atomic E-state index is 11.7. The first kappa shape index (κ1) is 18.3. The van der Waals surface area contributed by atoms with Crippen molar-refractivity contribution >= 4 is 63.2 Å². The number of thiazole rings is 2. The largest absolute Gasteiger partial charge is 0.307 e. The van der Waals surface area contributed by atoms with Gasteiger partial charge in [0.2, 0.25) is 0 Å². The van der Waals surface area contributed by atoms with Crippen LogP contribution in [0.15, 0.2) is 41.3 Å². The Kier molecular flexibility index (Phi) is 4.88. The van der Waals surface area contributed by atoms with Crippen LogP contribution in [-0.4, -0.2) is 24.6 Å². The third-order valence-corrected chi connectivity index (χ3v) is 7.25. The Morgan fingerprint density at radius 3 is 2.22 bits per heavy atom. The molecule has 0 bridgehead atoms. The highest BCUT2D eigenvalue weighted by Crippen LogP contribution is 2.33. The quantitative estimate of drug-likeness (QED) is 0.455. The van der Waals surface area contributed by atoms with Crippen molar-refractivity contribution in [2.45, 2.75) is 31.1 Å². The van der Waals surface area contributed by atoms with Crippen molar-refractivity contribution in [3.63, 3.8) is 0 Å². The van der Waals surface area contributed by atoms with Gasteiger partial charge in [0.1, 0.15) is 0 Å². The van der Waals surface area contributed by atoms with Crippen molar-refractivity contribution in [2.75, 3.05) is 11.6 Å². The van der Waals surface area contributed by atoms with Crippen LogP contribution in [0, 0.1) is 0 Å². The number of unbranched alkanes of at least 4 members (excludes halogenated alkanes) is 1. The van der Waals surface area contributed by atoms with E-state index < -0.39 is 9.84 Å². The van der Waals surface area contributed by atoms with E-state index in [1.165, 1.54) is 36.0 Å². The fourth-order valence-corrected chi connectivity index (χ4v) is 5.46. The topological polar surface area (TPSA) is 72.0 Å². The van der Waals surface area contributed by atoms with Gasteiger partial charge in [-0.05, 0) is 48.7 Å². The van der Waals surface area contributed by atoms with Crippen molar-refractivity contribution < 1.29 is 8.42 Å². The fourth-order valence-electron chi connectivity index (χ4n) is 2.84. The lowest BCUT2D eigenvalue weighted by Crippen LogP contribution is -1.95. The number of benzene rings is 2. The molecule has 4 rings (SSSR count). The van der Waals surface area contributed by atoms with E-state index in [-0.39, 0.29) is 0 Å². The van der Waals surface area contributed by atoms with Gasteiger partial charge in [-0.25, -0.2) is 18.4 Å². The molecule has 0 aliphatic carbocycles. The number of sulfone groups is 1. The summed E-state index contributed by atoms with van der Waals surface area (Å²) in [5, 5.41) is 4.77. The number of fused-ring (bicyclic) bond motifs is 2. The number of anilines is 2. The molecule has 2 aromatic carbocycles. The smallest absolute Gasteiger partial charge is 0.190 e. The van der Waals surface area contributed by atoms with Crippen LogP contribution in [0.5, 0.6) is 0 Å². The van der Waals surface area contributed by atoms with Crippen LogP contribution in [-0.2, 0) is 16.3 Å². The van der Waals surface area contributed by atoms with Crippen molar-refractivity contribution in [1.82, 2.24) is 9.97 Å². The summed E-state index contributed by atoms with van der Waals surface area (Å²) in [4.78, 5) is 9.48. The standard InChI is InChI=1S/C19H19N3O2S3/c1-3-4-5-12-6-8-14-16(10-12)25-18(20-14)22-19-21-15-9-7-13(27(2,23)24)11-17(15)26-19/h6-11H,3-5H2,1-2H3,(H,20,21,22). The lowest BCUT2D eigenvalue weighted by Gasteiger charge is -1.98. The Hall–Kier alpha value is -2.03. The Balaban J connectivity index is 1.61. The predicted octanol–water partition coefficient (Wildman–Crippen LogP) is 5.40. The Labute approximate surface area is 166 Å². The summed E-state index contributed by atoms with van der Waals surface area (Å²) in [5.74, 6) is 0. The molecule has 2 aromatic heterocycles. The van der Waals surface area contributed by atoms with E-state index in [1.807, 2.05) is 0 Å². The first-order valence-corrected chi connectivity index (χ1v) is 12.2. The van der Waals surface area contributed by atoms with Crippen molar-refractivity contribution in [3.05, 3.63) is 42.0 Å². The van der Waals surface area contributed by atoms with Crippen LogP contribution in [0.2, 0.25) is 0 Å². The van der Waals surface area contributed by atoms with Gasteiger partial charge in [-0.2, -0.15) is 0 Å². The van der Waals surface area contributed by atoms with Crippen LogP contribution < -0.4 is 5.32 Å². The first-order valence-electron chi connectivity index (χ1n) is 8.69. The SMILES string of the molecule is CCCCc1ccc2nc(Nc3nc4ccc(S(C)(=O)=O)cc4s3)sc2c1. The minimum Gasteiger partial charge on any atom is -0.307 e. The molecule has 140 valence electrons. The molecule has 2 heterocycles. The molecule has 27 heavy (non-hydrogen) atoms. The van der Waals surface area contributed by atoms with Gasteiger partial charge in [-0.15, -0.1) is 0 Å². The molecular formula is C19H19N3O2S3. The Morgan fingerprint density at radius 2 is 1.59 bits per heavy atom. The highest BCUT2D eigenvalue weighted by molar-refractivity contribution is 7.90. The highest BCUT2D eigenvalue weighted by atomic mass is 32.2. The average Bonchev–Trinajstić information content (AvgIpc) is 3.20. The van der Waals surface area contributed by atoms with E-state index in [0.29, 0.717) is 10.0 Å². The van der Waals surface area contributed by atoms with Gasteiger partial charge in [-0.1, -0.05) is 42.1 Å². The lowest BCUT2D eigenvalue weighted by atomic mass is 10.1. The number of rotatable bonds is 6. The zero-order valence-electron chi connectivity index (χ0n) is 15.0. The highest BCUT2D eigenvalue weighted by Gasteiger charge is 2.12. The summed E-state index contributed by atoms with van der Waals surface area (Å²) in [5.41, 5.74) is 3.09. The van der Waals surface area contributed by atoms with Gasteiger partial charge in [0.15, 0.2) is 20.1 Å². The van der Waals surface area contributed by atoms with Crippen LogP contribution in [0.1, 0.15) is 25.3 Å². The molecule has 8 heteroatoms. The predicted molar refractivity (Wildman–Crippen MR) is 114 cm³/mol. The second-order valence-corrected chi connectivity index (χ2v) is 10.5. The van der Waals surface area contributed by atoms with E-state index >= 15 is 0 Å². The Bertz CT molecular complexity index is 1230. The molecule has 0 atom stereocenters. The fraction of sp³-hybridized carbons (Fsp3) is 0.263. The van der Waals surface area contributed by atoms with Crippen LogP contribution in [0.25, 0.3) is 20.4 Å². The maximum absolute atomic E-state index is 11.7. The molecule has 0 radical (unpaired) electrons. The molecule has 0 unspecified atom stereocenters. The summed E-state index contributed by atoms with van der Waals surface area (Å²) >= 11 is 3.03. The van der Waals surface area contributed by atoms with Gasteiger partial charge in [0.25, 0.3) is 0 Å². The Morgan fingerprint density at radius 1 is 0.963 bits per heavy atom. The van der Waals surface area contributed by atoms with Crippen molar-refractivity contribution in [2.24, 2.45) is 0 Å². The molecule has 0 saturated carbocycles. The monoisotopic (exact) mass is 417 g/mol. The molecule has 4 aromatic rings. The molecule has 0 fully saturated rings. The minimum atomic E-state index is -3.22. The third-order valence-electron chi connectivity index (χ3n) is 4.27. The zero-order chi connectivity index (χ0) is 19.0. The van der Waals surface area contributed by atoms with Crippen molar-refractivity contribution in [1.29, 1.82) is 0 Å². The van der Waals surface area contributed by atoms with Gasteiger partial charge < -0.3 is 5.32 Å². The van der Waals surface area contributed by atoms with Crippen LogP contribution in [0.4, 0.5) is 10.3 Å². The first-order chi connectivity index (χ1) is 12.9. The molecule has 0 aliphatic heterocycles. The third kappa shape index (κ3) is 3.97.